The summed E-state index contributed by atoms with van der Waals surface area (Å²) in [6, 6.07) is 9.61. The van der Waals surface area contributed by atoms with E-state index in [-0.39, 0.29) is 6.10 Å². The maximum atomic E-state index is 6.05. The highest BCUT2D eigenvalue weighted by atomic mass is 16.5. The summed E-state index contributed by atoms with van der Waals surface area (Å²) in [5.74, 6) is 1.14. The molecular formula is C19H21N5O2. The first-order valence-corrected chi connectivity index (χ1v) is 8.84. The summed E-state index contributed by atoms with van der Waals surface area (Å²) in [6.45, 7) is 3.10. The lowest BCUT2D eigenvalue weighted by atomic mass is 10.1. The third-order valence-electron chi connectivity index (χ3n) is 4.39. The second-order valence-electron chi connectivity index (χ2n) is 6.40. The molecule has 1 atom stereocenters. The Labute approximate surface area is 152 Å². The minimum absolute atomic E-state index is 0.210. The van der Waals surface area contributed by atoms with Crippen LogP contribution in [0.25, 0.3) is 11.5 Å². The van der Waals surface area contributed by atoms with E-state index < -0.39 is 0 Å². The van der Waals surface area contributed by atoms with E-state index in [2.05, 4.69) is 25.0 Å². The Balaban J connectivity index is 1.32. The zero-order valence-corrected chi connectivity index (χ0v) is 14.5. The highest BCUT2D eigenvalue weighted by Crippen LogP contribution is 2.18. The number of hydrogen-bond acceptors (Lipinski definition) is 7. The molecule has 1 unspecified atom stereocenters. The minimum atomic E-state index is 0.210. The van der Waals surface area contributed by atoms with E-state index in [1.165, 1.54) is 0 Å². The summed E-state index contributed by atoms with van der Waals surface area (Å²) in [7, 11) is 0. The topological polar surface area (TPSA) is 77.2 Å². The van der Waals surface area contributed by atoms with Gasteiger partial charge < -0.3 is 9.26 Å². The van der Waals surface area contributed by atoms with Crippen LogP contribution >= 0.6 is 0 Å². The van der Waals surface area contributed by atoms with Gasteiger partial charge in [0.05, 0.1) is 19.3 Å². The van der Waals surface area contributed by atoms with Crippen LogP contribution in [0.2, 0.25) is 0 Å². The van der Waals surface area contributed by atoms with Crippen molar-refractivity contribution in [3.63, 3.8) is 0 Å². The molecule has 0 aromatic carbocycles. The Morgan fingerprint density at radius 1 is 1.19 bits per heavy atom. The van der Waals surface area contributed by atoms with Gasteiger partial charge in [0.15, 0.2) is 0 Å². The van der Waals surface area contributed by atoms with Gasteiger partial charge in [-0.3, -0.25) is 14.9 Å². The summed E-state index contributed by atoms with van der Waals surface area (Å²) < 4.78 is 11.4. The molecule has 1 saturated heterocycles. The quantitative estimate of drug-likeness (QED) is 0.676. The van der Waals surface area contributed by atoms with Gasteiger partial charge in [-0.25, -0.2) is 0 Å². The number of piperidine rings is 1. The molecule has 0 N–H and O–H groups in total. The monoisotopic (exact) mass is 351 g/mol. The Hall–Kier alpha value is -2.64. The summed E-state index contributed by atoms with van der Waals surface area (Å²) >= 11 is 0. The maximum absolute atomic E-state index is 6.05. The highest BCUT2D eigenvalue weighted by molar-refractivity contribution is 5.46. The zero-order chi connectivity index (χ0) is 17.6. The second kappa shape index (κ2) is 8.16. The number of ether oxygens (including phenoxy) is 1. The molecule has 7 heteroatoms. The molecule has 4 rings (SSSR count). The summed E-state index contributed by atoms with van der Waals surface area (Å²) in [5, 5.41) is 4.03. The van der Waals surface area contributed by atoms with Crippen molar-refractivity contribution < 1.29 is 9.26 Å². The van der Waals surface area contributed by atoms with Crippen molar-refractivity contribution in [1.29, 1.82) is 0 Å². The van der Waals surface area contributed by atoms with Crippen LogP contribution < -0.4 is 0 Å². The lowest BCUT2D eigenvalue weighted by Crippen LogP contribution is -2.39. The standard InChI is InChI=1S/C19H21N5O2/c1-2-9-21-17(7-1)19-22-18(26-23-19)13-24-10-4-6-16(12-24)25-14-15-5-3-8-20-11-15/h1-3,5,7-9,11,16H,4,6,10,12-14H2. The molecule has 3 aromatic heterocycles. The molecule has 3 aromatic rings. The van der Waals surface area contributed by atoms with Crippen LogP contribution in [0.3, 0.4) is 0 Å². The van der Waals surface area contributed by atoms with E-state index in [0.717, 1.165) is 37.2 Å². The van der Waals surface area contributed by atoms with Gasteiger partial charge in [0.2, 0.25) is 11.7 Å². The van der Waals surface area contributed by atoms with Gasteiger partial charge >= 0.3 is 0 Å². The predicted octanol–water partition coefficient (Wildman–Crippen LogP) is 2.71. The van der Waals surface area contributed by atoms with Crippen molar-refractivity contribution in [2.24, 2.45) is 0 Å². The molecule has 26 heavy (non-hydrogen) atoms. The van der Waals surface area contributed by atoms with Gasteiger partial charge in [-0.2, -0.15) is 4.98 Å². The first kappa shape index (κ1) is 16.8. The number of hydrogen-bond donors (Lipinski definition) is 0. The van der Waals surface area contributed by atoms with E-state index in [4.69, 9.17) is 9.26 Å². The van der Waals surface area contributed by atoms with Crippen molar-refractivity contribution >= 4 is 0 Å². The van der Waals surface area contributed by atoms with Gasteiger partial charge in [-0.15, -0.1) is 0 Å². The second-order valence-corrected chi connectivity index (χ2v) is 6.40. The highest BCUT2D eigenvalue weighted by Gasteiger charge is 2.22. The molecule has 0 bridgehead atoms. The number of nitrogens with zero attached hydrogens (tertiary/aromatic N) is 5. The van der Waals surface area contributed by atoms with Crippen LogP contribution in [-0.4, -0.2) is 44.2 Å². The normalized spacial score (nSPS) is 18.1. The zero-order valence-electron chi connectivity index (χ0n) is 14.5. The van der Waals surface area contributed by atoms with E-state index in [0.29, 0.717) is 24.9 Å². The van der Waals surface area contributed by atoms with Crippen LogP contribution in [-0.2, 0) is 17.9 Å². The Morgan fingerprint density at radius 2 is 2.19 bits per heavy atom. The molecule has 1 aliphatic heterocycles. The fourth-order valence-corrected chi connectivity index (χ4v) is 3.10. The van der Waals surface area contributed by atoms with E-state index in [1.54, 1.807) is 12.4 Å². The summed E-state index contributed by atoms with van der Waals surface area (Å²) in [6.07, 6.45) is 7.72. The average Bonchev–Trinajstić information content (AvgIpc) is 3.17. The smallest absolute Gasteiger partial charge is 0.241 e. The predicted molar refractivity (Wildman–Crippen MR) is 94.9 cm³/mol. The van der Waals surface area contributed by atoms with E-state index >= 15 is 0 Å². The van der Waals surface area contributed by atoms with Crippen molar-refractivity contribution in [3.8, 4) is 11.5 Å². The number of aromatic nitrogens is 4. The molecule has 1 aliphatic rings. The Morgan fingerprint density at radius 3 is 3.04 bits per heavy atom. The minimum Gasteiger partial charge on any atom is -0.372 e. The van der Waals surface area contributed by atoms with Crippen molar-refractivity contribution in [3.05, 3.63) is 60.4 Å². The van der Waals surface area contributed by atoms with E-state index in [9.17, 15) is 0 Å². The molecule has 0 amide bonds. The first-order chi connectivity index (χ1) is 12.9. The lowest BCUT2D eigenvalue weighted by molar-refractivity contribution is -0.0142. The third-order valence-corrected chi connectivity index (χ3v) is 4.39. The molecule has 7 nitrogen and oxygen atoms in total. The molecule has 0 spiro atoms. The molecular weight excluding hydrogens is 330 g/mol. The molecule has 1 fully saturated rings. The van der Waals surface area contributed by atoms with Crippen LogP contribution in [0.5, 0.6) is 0 Å². The van der Waals surface area contributed by atoms with Crippen LogP contribution in [0.4, 0.5) is 0 Å². The fourth-order valence-electron chi connectivity index (χ4n) is 3.10. The molecule has 0 saturated carbocycles. The van der Waals surface area contributed by atoms with Gasteiger partial charge in [0, 0.05) is 25.1 Å². The van der Waals surface area contributed by atoms with Crippen molar-refractivity contribution in [2.45, 2.75) is 32.1 Å². The van der Waals surface area contributed by atoms with Gasteiger partial charge in [0.1, 0.15) is 5.69 Å². The first-order valence-electron chi connectivity index (χ1n) is 8.84. The summed E-state index contributed by atoms with van der Waals surface area (Å²) in [5.41, 5.74) is 1.82. The molecule has 4 heterocycles. The molecule has 0 radical (unpaired) electrons. The van der Waals surface area contributed by atoms with Gasteiger partial charge in [0.25, 0.3) is 0 Å². The van der Waals surface area contributed by atoms with Crippen LogP contribution in [0.1, 0.15) is 24.3 Å². The SMILES string of the molecule is c1ccc(-c2noc(CN3CCCC(OCc4cccnc4)C3)n2)nc1. The lowest BCUT2D eigenvalue weighted by Gasteiger charge is -2.31. The van der Waals surface area contributed by atoms with Crippen LogP contribution in [0.15, 0.2) is 53.4 Å². The molecule has 134 valence electrons. The Bertz CT molecular complexity index is 809. The Kier molecular flexibility index (Phi) is 5.27. The average molecular weight is 351 g/mol. The fraction of sp³-hybridized carbons (Fsp3) is 0.368. The maximum Gasteiger partial charge on any atom is 0.241 e. The number of pyridine rings is 2. The third kappa shape index (κ3) is 4.30. The van der Waals surface area contributed by atoms with E-state index in [1.807, 2.05) is 36.5 Å². The molecule has 0 aliphatic carbocycles. The number of likely N-dealkylation sites (tertiary alicyclic amines) is 1. The van der Waals surface area contributed by atoms with Crippen LogP contribution in [0, 0.1) is 0 Å². The largest absolute Gasteiger partial charge is 0.372 e. The number of rotatable bonds is 6. The van der Waals surface area contributed by atoms with Gasteiger partial charge in [-0.05, 0) is 43.1 Å². The van der Waals surface area contributed by atoms with Gasteiger partial charge in [-0.1, -0.05) is 17.3 Å². The van der Waals surface area contributed by atoms with Crippen molar-refractivity contribution in [2.75, 3.05) is 13.1 Å². The summed E-state index contributed by atoms with van der Waals surface area (Å²) in [4.78, 5) is 15.1. The van der Waals surface area contributed by atoms with Crippen molar-refractivity contribution in [1.82, 2.24) is 25.0 Å².